The van der Waals surface area contributed by atoms with Crippen LogP contribution in [0.15, 0.2) is 30.3 Å². The lowest BCUT2D eigenvalue weighted by Gasteiger charge is -2.32. The van der Waals surface area contributed by atoms with Gasteiger partial charge in [-0.05, 0) is 12.5 Å². The van der Waals surface area contributed by atoms with Gasteiger partial charge in [0.15, 0.2) is 0 Å². The second-order valence-corrected chi connectivity index (χ2v) is 5.66. The summed E-state index contributed by atoms with van der Waals surface area (Å²) in [5, 5.41) is 0. The third kappa shape index (κ3) is 4.59. The molecule has 0 bridgehead atoms. The molecule has 2 atom stereocenters. The molecule has 1 aromatic rings. The number of amides is 1. The molecular formula is C17H25NO3. The molecule has 1 amide bonds. The number of nitrogens with zero attached hydrogens (tertiary/aromatic N) is 1. The van der Waals surface area contributed by atoms with Crippen molar-refractivity contribution >= 4 is 11.9 Å². The maximum absolute atomic E-state index is 12.5. The average molecular weight is 291 g/mol. The molecule has 0 aromatic heterocycles. The maximum Gasteiger partial charge on any atom is 0.310 e. The Morgan fingerprint density at radius 1 is 1.10 bits per heavy atom. The molecule has 2 unspecified atom stereocenters. The third-order valence-electron chi connectivity index (χ3n) is 3.60. The Morgan fingerprint density at radius 3 is 2.14 bits per heavy atom. The standard InChI is InChI=1S/C17H25NO3/c1-12(2)16(19)18(11-13(3)17(20)21-5)14(4)15-9-7-6-8-10-15/h6-10,12-14H,11H2,1-5H3. The number of benzene rings is 1. The van der Waals surface area contributed by atoms with Crippen molar-refractivity contribution in [2.75, 3.05) is 13.7 Å². The quantitative estimate of drug-likeness (QED) is 0.757. The molecule has 4 nitrogen and oxygen atoms in total. The predicted octanol–water partition coefficient (Wildman–Crippen LogP) is 3.04. The van der Waals surface area contributed by atoms with Gasteiger partial charge in [0.25, 0.3) is 0 Å². The van der Waals surface area contributed by atoms with E-state index in [1.807, 2.05) is 51.1 Å². The SMILES string of the molecule is COC(=O)C(C)CN(C(=O)C(C)C)C(C)c1ccccc1. The monoisotopic (exact) mass is 291 g/mol. The van der Waals surface area contributed by atoms with Crippen LogP contribution in [0.2, 0.25) is 0 Å². The van der Waals surface area contributed by atoms with E-state index in [4.69, 9.17) is 4.74 Å². The first-order valence-corrected chi connectivity index (χ1v) is 7.31. The molecule has 1 rings (SSSR count). The molecule has 0 N–H and O–H groups in total. The predicted molar refractivity (Wildman–Crippen MR) is 82.6 cm³/mol. The van der Waals surface area contributed by atoms with E-state index in [0.29, 0.717) is 6.54 Å². The van der Waals surface area contributed by atoms with Crippen LogP contribution in [0.5, 0.6) is 0 Å². The van der Waals surface area contributed by atoms with Crippen molar-refractivity contribution in [3.05, 3.63) is 35.9 Å². The zero-order valence-electron chi connectivity index (χ0n) is 13.5. The summed E-state index contributed by atoms with van der Waals surface area (Å²) in [5.41, 5.74) is 1.06. The molecular weight excluding hydrogens is 266 g/mol. The number of carbonyl (C=O) groups is 2. The van der Waals surface area contributed by atoms with Gasteiger partial charge in [0.05, 0.1) is 19.1 Å². The Kier molecular flexibility index (Phi) is 6.40. The van der Waals surface area contributed by atoms with E-state index < -0.39 is 0 Å². The minimum Gasteiger partial charge on any atom is -0.469 e. The molecule has 1 aromatic carbocycles. The van der Waals surface area contributed by atoms with E-state index in [9.17, 15) is 9.59 Å². The van der Waals surface area contributed by atoms with Gasteiger partial charge in [-0.3, -0.25) is 9.59 Å². The van der Waals surface area contributed by atoms with Gasteiger partial charge in [0.1, 0.15) is 0 Å². The van der Waals surface area contributed by atoms with Crippen LogP contribution in [0.4, 0.5) is 0 Å². The molecule has 0 aliphatic rings. The zero-order chi connectivity index (χ0) is 16.0. The Bertz CT molecular complexity index is 470. The lowest BCUT2D eigenvalue weighted by molar-refractivity contribution is -0.147. The van der Waals surface area contributed by atoms with Gasteiger partial charge in [-0.15, -0.1) is 0 Å². The molecule has 0 aliphatic carbocycles. The number of hydrogen-bond donors (Lipinski definition) is 0. The Labute approximate surface area is 127 Å². The summed E-state index contributed by atoms with van der Waals surface area (Å²) in [6.07, 6.45) is 0. The fourth-order valence-corrected chi connectivity index (χ4v) is 2.25. The smallest absolute Gasteiger partial charge is 0.310 e. The van der Waals surface area contributed by atoms with Gasteiger partial charge in [-0.25, -0.2) is 0 Å². The highest BCUT2D eigenvalue weighted by molar-refractivity contribution is 5.80. The molecule has 21 heavy (non-hydrogen) atoms. The van der Waals surface area contributed by atoms with E-state index in [-0.39, 0.29) is 29.8 Å². The number of esters is 1. The van der Waals surface area contributed by atoms with Crippen LogP contribution in [0.25, 0.3) is 0 Å². The van der Waals surface area contributed by atoms with Crippen LogP contribution in [0, 0.1) is 11.8 Å². The van der Waals surface area contributed by atoms with Crippen LogP contribution in [0.3, 0.4) is 0 Å². The van der Waals surface area contributed by atoms with Crippen molar-refractivity contribution in [3.63, 3.8) is 0 Å². The number of methoxy groups -OCH3 is 1. The third-order valence-corrected chi connectivity index (χ3v) is 3.60. The highest BCUT2D eigenvalue weighted by Crippen LogP contribution is 2.23. The lowest BCUT2D eigenvalue weighted by Crippen LogP contribution is -2.41. The van der Waals surface area contributed by atoms with E-state index in [1.165, 1.54) is 7.11 Å². The van der Waals surface area contributed by atoms with Crippen molar-refractivity contribution in [1.29, 1.82) is 0 Å². The molecule has 116 valence electrons. The number of hydrogen-bond acceptors (Lipinski definition) is 3. The summed E-state index contributed by atoms with van der Waals surface area (Å²) >= 11 is 0. The molecule has 0 heterocycles. The summed E-state index contributed by atoms with van der Waals surface area (Å²) < 4.78 is 4.76. The number of carbonyl (C=O) groups excluding carboxylic acids is 2. The highest BCUT2D eigenvalue weighted by Gasteiger charge is 2.27. The molecule has 0 spiro atoms. The van der Waals surface area contributed by atoms with Gasteiger partial charge in [-0.2, -0.15) is 0 Å². The molecule has 0 fully saturated rings. The van der Waals surface area contributed by atoms with E-state index in [2.05, 4.69) is 0 Å². The summed E-state index contributed by atoms with van der Waals surface area (Å²) in [6.45, 7) is 7.87. The molecule has 4 heteroatoms. The fourth-order valence-electron chi connectivity index (χ4n) is 2.25. The summed E-state index contributed by atoms with van der Waals surface area (Å²) in [4.78, 5) is 25.9. The van der Waals surface area contributed by atoms with Gasteiger partial charge in [0.2, 0.25) is 5.91 Å². The van der Waals surface area contributed by atoms with E-state index in [1.54, 1.807) is 11.8 Å². The Morgan fingerprint density at radius 2 is 1.67 bits per heavy atom. The van der Waals surface area contributed by atoms with Crippen LogP contribution < -0.4 is 0 Å². The summed E-state index contributed by atoms with van der Waals surface area (Å²) in [6, 6.07) is 9.76. The minimum atomic E-state index is -0.344. The number of ether oxygens (including phenoxy) is 1. The molecule has 0 saturated carbocycles. The van der Waals surface area contributed by atoms with Crippen molar-refractivity contribution in [1.82, 2.24) is 4.90 Å². The Balaban J connectivity index is 2.97. The van der Waals surface area contributed by atoms with Crippen LogP contribution in [0.1, 0.15) is 39.3 Å². The molecule has 0 saturated heterocycles. The normalized spacial score (nSPS) is 13.6. The summed E-state index contributed by atoms with van der Waals surface area (Å²) in [7, 11) is 1.37. The maximum atomic E-state index is 12.5. The van der Waals surface area contributed by atoms with Crippen molar-refractivity contribution in [2.24, 2.45) is 11.8 Å². The largest absolute Gasteiger partial charge is 0.469 e. The zero-order valence-corrected chi connectivity index (χ0v) is 13.5. The van der Waals surface area contributed by atoms with Crippen LogP contribution in [-0.2, 0) is 14.3 Å². The van der Waals surface area contributed by atoms with Gasteiger partial charge < -0.3 is 9.64 Å². The van der Waals surface area contributed by atoms with Crippen LogP contribution >= 0.6 is 0 Å². The Hall–Kier alpha value is -1.84. The second kappa shape index (κ2) is 7.81. The first-order chi connectivity index (χ1) is 9.88. The van der Waals surface area contributed by atoms with Crippen molar-refractivity contribution < 1.29 is 14.3 Å². The molecule has 0 aliphatic heterocycles. The topological polar surface area (TPSA) is 46.6 Å². The van der Waals surface area contributed by atoms with Crippen LogP contribution in [-0.4, -0.2) is 30.4 Å². The van der Waals surface area contributed by atoms with E-state index in [0.717, 1.165) is 5.56 Å². The lowest BCUT2D eigenvalue weighted by atomic mass is 10.0. The second-order valence-electron chi connectivity index (χ2n) is 5.66. The van der Waals surface area contributed by atoms with Gasteiger partial charge >= 0.3 is 5.97 Å². The minimum absolute atomic E-state index is 0.0436. The summed E-state index contributed by atoms with van der Waals surface area (Å²) in [5.74, 6) is -0.705. The first kappa shape index (κ1) is 17.2. The van der Waals surface area contributed by atoms with E-state index >= 15 is 0 Å². The number of rotatable bonds is 6. The highest BCUT2D eigenvalue weighted by atomic mass is 16.5. The van der Waals surface area contributed by atoms with Gasteiger partial charge in [-0.1, -0.05) is 51.1 Å². The van der Waals surface area contributed by atoms with Gasteiger partial charge in [0, 0.05) is 12.5 Å². The average Bonchev–Trinajstić information content (AvgIpc) is 2.50. The fraction of sp³-hybridized carbons (Fsp3) is 0.529. The first-order valence-electron chi connectivity index (χ1n) is 7.31. The van der Waals surface area contributed by atoms with Crippen molar-refractivity contribution in [3.8, 4) is 0 Å². The molecule has 0 radical (unpaired) electrons. The van der Waals surface area contributed by atoms with Crippen molar-refractivity contribution in [2.45, 2.75) is 33.7 Å².